The normalized spacial score (nSPS) is 10.7. The molecule has 0 fully saturated rings. The minimum Gasteiger partial charge on any atom is -0.487 e. The maximum Gasteiger partial charge on any atom is 0.138 e. The van der Waals surface area contributed by atoms with E-state index in [1.165, 1.54) is 12.1 Å². The van der Waals surface area contributed by atoms with E-state index in [4.69, 9.17) is 4.74 Å². The van der Waals surface area contributed by atoms with Gasteiger partial charge in [0, 0.05) is 23.7 Å². The van der Waals surface area contributed by atoms with Crippen LogP contribution in [0.4, 0.5) is 8.78 Å². The zero-order chi connectivity index (χ0) is 15.2. The fraction of sp³-hybridized carbons (Fsp3) is 0.250. The summed E-state index contributed by atoms with van der Waals surface area (Å²) in [6, 6.07) is 9.21. The summed E-state index contributed by atoms with van der Waals surface area (Å²) in [4.78, 5) is 0. The van der Waals surface area contributed by atoms with E-state index in [2.05, 4.69) is 21.2 Å². The van der Waals surface area contributed by atoms with Crippen LogP contribution < -0.4 is 10.1 Å². The largest absolute Gasteiger partial charge is 0.487 e. The van der Waals surface area contributed by atoms with Crippen LogP contribution in [0.1, 0.15) is 18.1 Å². The molecule has 0 spiro atoms. The average molecular weight is 356 g/mol. The number of nitrogens with one attached hydrogen (secondary N) is 1. The topological polar surface area (TPSA) is 21.3 Å². The van der Waals surface area contributed by atoms with E-state index in [0.29, 0.717) is 17.9 Å². The van der Waals surface area contributed by atoms with E-state index in [0.717, 1.165) is 22.6 Å². The summed E-state index contributed by atoms with van der Waals surface area (Å²) in [5, 5.41) is 3.22. The van der Waals surface area contributed by atoms with Crippen LogP contribution in [0.15, 0.2) is 40.9 Å². The Morgan fingerprint density at radius 1 is 1.14 bits per heavy atom. The van der Waals surface area contributed by atoms with Crippen molar-refractivity contribution < 1.29 is 13.5 Å². The number of para-hydroxylation sites is 1. The third-order valence-electron chi connectivity index (χ3n) is 3.00. The highest BCUT2D eigenvalue weighted by Crippen LogP contribution is 2.30. The molecule has 0 atom stereocenters. The minimum absolute atomic E-state index is 0.0495. The molecule has 0 unspecified atom stereocenters. The highest BCUT2D eigenvalue weighted by Gasteiger charge is 2.10. The van der Waals surface area contributed by atoms with E-state index in [1.54, 1.807) is 0 Å². The Balaban J connectivity index is 2.15. The van der Waals surface area contributed by atoms with Crippen molar-refractivity contribution in [3.05, 3.63) is 63.6 Å². The Morgan fingerprint density at radius 3 is 2.67 bits per heavy atom. The zero-order valence-electron chi connectivity index (χ0n) is 11.6. The van der Waals surface area contributed by atoms with Gasteiger partial charge in [-0.2, -0.15) is 0 Å². The third-order valence-corrected chi connectivity index (χ3v) is 3.63. The molecule has 0 aliphatic carbocycles. The summed E-state index contributed by atoms with van der Waals surface area (Å²) in [6.07, 6.45) is 0. The van der Waals surface area contributed by atoms with Gasteiger partial charge in [-0.05, 0) is 40.7 Å². The molecule has 112 valence electrons. The molecule has 1 N–H and O–H groups in total. The molecule has 21 heavy (non-hydrogen) atoms. The summed E-state index contributed by atoms with van der Waals surface area (Å²) in [7, 11) is 0. The van der Waals surface area contributed by atoms with E-state index >= 15 is 0 Å². The van der Waals surface area contributed by atoms with Crippen molar-refractivity contribution in [2.45, 2.75) is 20.1 Å². The van der Waals surface area contributed by atoms with Crippen LogP contribution in [0, 0.1) is 11.6 Å². The molecule has 0 aliphatic rings. The lowest BCUT2D eigenvalue weighted by Crippen LogP contribution is -2.13. The molecule has 0 saturated heterocycles. The highest BCUT2D eigenvalue weighted by atomic mass is 79.9. The lowest BCUT2D eigenvalue weighted by atomic mass is 10.2. The first-order valence-electron chi connectivity index (χ1n) is 6.66. The number of hydrogen-bond acceptors (Lipinski definition) is 2. The number of hydrogen-bond donors (Lipinski definition) is 1. The number of rotatable bonds is 6. The molecule has 0 radical (unpaired) electrons. The highest BCUT2D eigenvalue weighted by molar-refractivity contribution is 9.10. The van der Waals surface area contributed by atoms with Gasteiger partial charge in [0.15, 0.2) is 0 Å². The molecule has 0 aliphatic heterocycles. The summed E-state index contributed by atoms with van der Waals surface area (Å²) in [5.74, 6) is -0.526. The summed E-state index contributed by atoms with van der Waals surface area (Å²) < 4.78 is 33.0. The average Bonchev–Trinajstić information content (AvgIpc) is 2.45. The van der Waals surface area contributed by atoms with Crippen LogP contribution in [-0.4, -0.2) is 6.54 Å². The van der Waals surface area contributed by atoms with Gasteiger partial charge in [0.25, 0.3) is 0 Å². The first-order valence-corrected chi connectivity index (χ1v) is 7.46. The molecule has 0 saturated carbocycles. The molecule has 2 nitrogen and oxygen atoms in total. The van der Waals surface area contributed by atoms with Crippen molar-refractivity contribution in [1.82, 2.24) is 5.32 Å². The first kappa shape index (κ1) is 15.9. The Hall–Kier alpha value is -1.46. The maximum atomic E-state index is 13.6. The van der Waals surface area contributed by atoms with Gasteiger partial charge >= 0.3 is 0 Å². The van der Waals surface area contributed by atoms with Crippen LogP contribution in [0.25, 0.3) is 0 Å². The minimum atomic E-state index is -0.602. The van der Waals surface area contributed by atoms with Gasteiger partial charge in [0.05, 0.1) is 4.47 Å². The van der Waals surface area contributed by atoms with Gasteiger partial charge in [0.1, 0.15) is 24.0 Å². The SMILES string of the molecule is CCNCc1cccc(Br)c1OCc1ccc(F)cc1F. The third kappa shape index (κ3) is 4.25. The maximum absolute atomic E-state index is 13.6. The van der Waals surface area contributed by atoms with E-state index in [-0.39, 0.29) is 6.61 Å². The molecular weight excluding hydrogens is 340 g/mol. The van der Waals surface area contributed by atoms with Crippen molar-refractivity contribution in [2.24, 2.45) is 0 Å². The Kier molecular flexibility index (Phi) is 5.70. The van der Waals surface area contributed by atoms with Crippen LogP contribution in [-0.2, 0) is 13.2 Å². The quantitative estimate of drug-likeness (QED) is 0.828. The lowest BCUT2D eigenvalue weighted by Gasteiger charge is -2.14. The van der Waals surface area contributed by atoms with E-state index in [9.17, 15) is 8.78 Å². The lowest BCUT2D eigenvalue weighted by molar-refractivity contribution is 0.293. The molecule has 2 aromatic carbocycles. The van der Waals surface area contributed by atoms with Crippen molar-refractivity contribution in [3.63, 3.8) is 0 Å². The van der Waals surface area contributed by atoms with Gasteiger partial charge in [-0.3, -0.25) is 0 Å². The van der Waals surface area contributed by atoms with Crippen molar-refractivity contribution >= 4 is 15.9 Å². The molecule has 0 bridgehead atoms. The second-order valence-electron chi connectivity index (χ2n) is 4.53. The second kappa shape index (κ2) is 7.52. The molecule has 0 amide bonds. The fourth-order valence-corrected chi connectivity index (χ4v) is 2.42. The predicted octanol–water partition coefficient (Wildman–Crippen LogP) is 4.42. The number of halogens is 3. The molecule has 2 aromatic rings. The van der Waals surface area contributed by atoms with Gasteiger partial charge in [-0.25, -0.2) is 8.78 Å². The molecular formula is C16H16BrF2NO. The van der Waals surface area contributed by atoms with Crippen LogP contribution in [0.2, 0.25) is 0 Å². The number of ether oxygens (including phenoxy) is 1. The van der Waals surface area contributed by atoms with Crippen molar-refractivity contribution in [2.75, 3.05) is 6.54 Å². The van der Waals surface area contributed by atoms with Gasteiger partial charge in [-0.15, -0.1) is 0 Å². The standard InChI is InChI=1S/C16H16BrF2NO/c1-2-20-9-11-4-3-5-14(17)16(11)21-10-12-6-7-13(18)8-15(12)19/h3-8,20H,2,9-10H2,1H3. The smallest absolute Gasteiger partial charge is 0.138 e. The Labute approximate surface area is 131 Å². The number of benzene rings is 2. The molecule has 2 rings (SSSR count). The van der Waals surface area contributed by atoms with Crippen molar-refractivity contribution in [3.8, 4) is 5.75 Å². The van der Waals surface area contributed by atoms with E-state index in [1.807, 2.05) is 25.1 Å². The summed E-state index contributed by atoms with van der Waals surface area (Å²) >= 11 is 3.44. The van der Waals surface area contributed by atoms with Gasteiger partial charge in [0.2, 0.25) is 0 Å². The van der Waals surface area contributed by atoms with Crippen LogP contribution in [0.5, 0.6) is 5.75 Å². The van der Waals surface area contributed by atoms with Crippen molar-refractivity contribution in [1.29, 1.82) is 0 Å². The molecule has 5 heteroatoms. The predicted molar refractivity (Wildman–Crippen MR) is 82.2 cm³/mol. The van der Waals surface area contributed by atoms with Gasteiger partial charge < -0.3 is 10.1 Å². The summed E-state index contributed by atoms with van der Waals surface area (Å²) in [6.45, 7) is 3.58. The zero-order valence-corrected chi connectivity index (χ0v) is 13.2. The van der Waals surface area contributed by atoms with E-state index < -0.39 is 11.6 Å². The van der Waals surface area contributed by atoms with Gasteiger partial charge in [-0.1, -0.05) is 19.1 Å². The van der Waals surface area contributed by atoms with Crippen LogP contribution in [0.3, 0.4) is 0 Å². The molecule has 0 heterocycles. The summed E-state index contributed by atoms with van der Waals surface area (Å²) in [5.41, 5.74) is 1.30. The molecule has 0 aromatic heterocycles. The second-order valence-corrected chi connectivity index (χ2v) is 5.39. The Morgan fingerprint density at radius 2 is 1.95 bits per heavy atom. The monoisotopic (exact) mass is 355 g/mol. The Bertz CT molecular complexity index is 619. The fourth-order valence-electron chi connectivity index (χ4n) is 1.90. The van der Waals surface area contributed by atoms with Crippen LogP contribution >= 0.6 is 15.9 Å². The first-order chi connectivity index (χ1) is 10.1.